The van der Waals surface area contributed by atoms with E-state index < -0.39 is 0 Å². The van der Waals surface area contributed by atoms with E-state index in [-0.39, 0.29) is 5.54 Å². The van der Waals surface area contributed by atoms with Crippen molar-refractivity contribution in [2.75, 3.05) is 13.1 Å². The summed E-state index contributed by atoms with van der Waals surface area (Å²) in [6, 6.07) is 0. The molecular weight excluding hydrogens is 196 g/mol. The molecule has 2 nitrogen and oxygen atoms in total. The molecule has 0 spiro atoms. The molecule has 0 aromatic rings. The van der Waals surface area contributed by atoms with Crippen molar-refractivity contribution in [1.82, 2.24) is 5.32 Å². The summed E-state index contributed by atoms with van der Waals surface area (Å²) in [5.74, 6) is 3.57. The van der Waals surface area contributed by atoms with E-state index in [2.05, 4.69) is 18.2 Å². The summed E-state index contributed by atoms with van der Waals surface area (Å²) in [6.45, 7) is 3.64. The van der Waals surface area contributed by atoms with Crippen LogP contribution in [0.15, 0.2) is 0 Å². The van der Waals surface area contributed by atoms with Crippen LogP contribution in [0.5, 0.6) is 0 Å². The van der Waals surface area contributed by atoms with E-state index in [9.17, 15) is 0 Å². The number of hydrogen-bond acceptors (Lipinski definition) is 2. The standard InChI is InChI=1S/C14H26N2/c1-3-6-13-7-5-9-14(12-15,10-8-13)16-11-4-2/h2,13,16H,3,5-12,15H2,1H3. The maximum absolute atomic E-state index is 5.94. The second kappa shape index (κ2) is 6.93. The molecule has 1 fully saturated rings. The van der Waals surface area contributed by atoms with Crippen molar-refractivity contribution in [3.05, 3.63) is 0 Å². The van der Waals surface area contributed by atoms with Gasteiger partial charge in [-0.2, -0.15) is 0 Å². The Morgan fingerprint density at radius 1 is 1.44 bits per heavy atom. The minimum Gasteiger partial charge on any atom is -0.329 e. The van der Waals surface area contributed by atoms with Gasteiger partial charge in [-0.3, -0.25) is 5.32 Å². The van der Waals surface area contributed by atoms with Crippen molar-refractivity contribution in [3.63, 3.8) is 0 Å². The van der Waals surface area contributed by atoms with Crippen LogP contribution >= 0.6 is 0 Å². The van der Waals surface area contributed by atoms with Crippen LogP contribution in [0.4, 0.5) is 0 Å². The molecule has 1 aliphatic carbocycles. The summed E-state index contributed by atoms with van der Waals surface area (Å²) in [5.41, 5.74) is 6.06. The Balaban J connectivity index is 2.50. The fraction of sp³-hybridized carbons (Fsp3) is 0.857. The van der Waals surface area contributed by atoms with Crippen molar-refractivity contribution in [2.24, 2.45) is 11.7 Å². The fourth-order valence-electron chi connectivity index (χ4n) is 2.87. The highest BCUT2D eigenvalue weighted by Gasteiger charge is 2.30. The van der Waals surface area contributed by atoms with E-state index in [4.69, 9.17) is 12.2 Å². The summed E-state index contributed by atoms with van der Waals surface area (Å²) in [5, 5.41) is 3.48. The first-order valence-electron chi connectivity index (χ1n) is 6.65. The summed E-state index contributed by atoms with van der Waals surface area (Å²) in [4.78, 5) is 0. The third kappa shape index (κ3) is 3.81. The van der Waals surface area contributed by atoms with Crippen LogP contribution in [0.3, 0.4) is 0 Å². The molecule has 16 heavy (non-hydrogen) atoms. The van der Waals surface area contributed by atoms with Gasteiger partial charge in [-0.05, 0) is 25.2 Å². The quantitative estimate of drug-likeness (QED) is 0.553. The normalized spacial score (nSPS) is 30.7. The monoisotopic (exact) mass is 222 g/mol. The highest BCUT2D eigenvalue weighted by Crippen LogP contribution is 2.32. The lowest BCUT2D eigenvalue weighted by molar-refractivity contribution is 0.299. The maximum atomic E-state index is 5.94. The van der Waals surface area contributed by atoms with Crippen molar-refractivity contribution in [1.29, 1.82) is 0 Å². The highest BCUT2D eigenvalue weighted by molar-refractivity contribution is 4.97. The number of hydrogen-bond donors (Lipinski definition) is 2. The molecule has 3 N–H and O–H groups in total. The van der Waals surface area contributed by atoms with Gasteiger partial charge in [-0.1, -0.05) is 38.5 Å². The average Bonchev–Trinajstić information content (AvgIpc) is 2.51. The second-order valence-electron chi connectivity index (χ2n) is 5.13. The van der Waals surface area contributed by atoms with Crippen LogP contribution in [-0.2, 0) is 0 Å². The van der Waals surface area contributed by atoms with E-state index in [0.717, 1.165) is 5.92 Å². The second-order valence-corrected chi connectivity index (χ2v) is 5.13. The molecule has 2 unspecified atom stereocenters. The number of rotatable bonds is 5. The molecule has 0 heterocycles. The number of nitrogens with one attached hydrogen (secondary N) is 1. The van der Waals surface area contributed by atoms with Gasteiger partial charge < -0.3 is 5.73 Å². The molecule has 1 saturated carbocycles. The molecule has 2 atom stereocenters. The lowest BCUT2D eigenvalue weighted by Gasteiger charge is -2.32. The van der Waals surface area contributed by atoms with Gasteiger partial charge in [-0.15, -0.1) is 6.42 Å². The SMILES string of the molecule is C#CCNC1(CN)CCCC(CCC)CC1. The molecule has 0 bridgehead atoms. The van der Waals surface area contributed by atoms with Gasteiger partial charge >= 0.3 is 0 Å². The van der Waals surface area contributed by atoms with Crippen molar-refractivity contribution in [2.45, 2.75) is 57.4 Å². The Morgan fingerprint density at radius 2 is 2.25 bits per heavy atom. The Morgan fingerprint density at radius 3 is 2.88 bits per heavy atom. The van der Waals surface area contributed by atoms with Gasteiger partial charge in [0.2, 0.25) is 0 Å². The smallest absolute Gasteiger partial charge is 0.0578 e. The van der Waals surface area contributed by atoms with Crippen molar-refractivity contribution < 1.29 is 0 Å². The molecule has 0 aromatic heterocycles. The minimum absolute atomic E-state index is 0.120. The van der Waals surface area contributed by atoms with Crippen LogP contribution in [-0.4, -0.2) is 18.6 Å². The van der Waals surface area contributed by atoms with Gasteiger partial charge in [0.1, 0.15) is 0 Å². The molecule has 2 heteroatoms. The number of nitrogens with two attached hydrogens (primary N) is 1. The third-order valence-corrected chi connectivity index (χ3v) is 3.95. The Hall–Kier alpha value is -0.520. The average molecular weight is 222 g/mol. The zero-order valence-corrected chi connectivity index (χ0v) is 10.6. The Bertz CT molecular complexity index is 231. The van der Waals surface area contributed by atoms with E-state index in [0.29, 0.717) is 13.1 Å². The van der Waals surface area contributed by atoms with E-state index in [1.54, 1.807) is 0 Å². The highest BCUT2D eigenvalue weighted by atomic mass is 15.0. The zero-order valence-electron chi connectivity index (χ0n) is 10.6. The van der Waals surface area contributed by atoms with Crippen molar-refractivity contribution in [3.8, 4) is 12.3 Å². The predicted octanol–water partition coefficient (Wildman–Crippen LogP) is 2.29. The summed E-state index contributed by atoms with van der Waals surface area (Å²) in [7, 11) is 0. The maximum Gasteiger partial charge on any atom is 0.0578 e. The van der Waals surface area contributed by atoms with Crippen molar-refractivity contribution >= 4 is 0 Å². The lowest BCUT2D eigenvalue weighted by Crippen LogP contribution is -2.51. The predicted molar refractivity (Wildman–Crippen MR) is 70.1 cm³/mol. The Labute approximate surface area is 100 Å². The molecule has 1 rings (SSSR count). The van der Waals surface area contributed by atoms with E-state index >= 15 is 0 Å². The van der Waals surface area contributed by atoms with Crippen LogP contribution in [0.25, 0.3) is 0 Å². The number of terminal acetylenes is 1. The summed E-state index contributed by atoms with van der Waals surface area (Å²) >= 11 is 0. The summed E-state index contributed by atoms with van der Waals surface area (Å²) in [6.07, 6.45) is 14.3. The largest absolute Gasteiger partial charge is 0.329 e. The van der Waals surface area contributed by atoms with Gasteiger partial charge in [0.15, 0.2) is 0 Å². The minimum atomic E-state index is 0.120. The molecule has 0 aliphatic heterocycles. The van der Waals surface area contributed by atoms with Gasteiger partial charge in [0.05, 0.1) is 6.54 Å². The fourth-order valence-corrected chi connectivity index (χ4v) is 2.87. The Kier molecular flexibility index (Phi) is 5.87. The van der Waals surface area contributed by atoms with Gasteiger partial charge in [-0.25, -0.2) is 0 Å². The molecule has 0 amide bonds. The molecule has 0 saturated heterocycles. The molecule has 0 radical (unpaired) electrons. The van der Waals surface area contributed by atoms with E-state index in [1.165, 1.54) is 44.9 Å². The first-order valence-corrected chi connectivity index (χ1v) is 6.65. The van der Waals surface area contributed by atoms with Crippen LogP contribution < -0.4 is 11.1 Å². The first-order chi connectivity index (χ1) is 7.76. The van der Waals surface area contributed by atoms with Crippen LogP contribution in [0.1, 0.15) is 51.9 Å². The topological polar surface area (TPSA) is 38.0 Å². The zero-order chi connectivity index (χ0) is 11.9. The molecule has 1 aliphatic rings. The lowest BCUT2D eigenvalue weighted by atomic mass is 9.89. The van der Waals surface area contributed by atoms with Crippen LogP contribution in [0.2, 0.25) is 0 Å². The van der Waals surface area contributed by atoms with Gasteiger partial charge in [0.25, 0.3) is 0 Å². The molecule has 0 aromatic carbocycles. The summed E-state index contributed by atoms with van der Waals surface area (Å²) < 4.78 is 0. The first kappa shape index (κ1) is 13.5. The van der Waals surface area contributed by atoms with Crippen LogP contribution in [0, 0.1) is 18.3 Å². The van der Waals surface area contributed by atoms with Gasteiger partial charge in [0, 0.05) is 12.1 Å². The third-order valence-electron chi connectivity index (χ3n) is 3.95. The molecular formula is C14H26N2. The van der Waals surface area contributed by atoms with E-state index in [1.807, 2.05) is 0 Å². The molecule has 92 valence electrons.